The lowest BCUT2D eigenvalue weighted by molar-refractivity contribution is -0.125. The third-order valence-electron chi connectivity index (χ3n) is 4.66. The van der Waals surface area contributed by atoms with Gasteiger partial charge in [-0.3, -0.25) is 19.9 Å². The molecule has 2 saturated heterocycles. The molecule has 1 aromatic carbocycles. The summed E-state index contributed by atoms with van der Waals surface area (Å²) in [4.78, 5) is 28.0. The number of ether oxygens (including phenoxy) is 2. The largest absolute Gasteiger partial charge is 0.458 e. The second-order valence-electron chi connectivity index (χ2n) is 6.58. The van der Waals surface area contributed by atoms with E-state index in [1.54, 1.807) is 21.9 Å². The van der Waals surface area contributed by atoms with Crippen LogP contribution in [0.1, 0.15) is 9.67 Å². The predicted molar refractivity (Wildman–Crippen MR) is 111 cm³/mol. The fraction of sp³-hybridized carbons (Fsp3) is 0.316. The van der Waals surface area contributed by atoms with Gasteiger partial charge in [0.15, 0.2) is 0 Å². The predicted octanol–water partition coefficient (Wildman–Crippen LogP) is 2.33. The minimum absolute atomic E-state index is 0.0265. The number of hydrogen-bond acceptors (Lipinski definition) is 6. The molecule has 0 bridgehead atoms. The zero-order valence-electron chi connectivity index (χ0n) is 15.4. The lowest BCUT2D eigenvalue weighted by atomic mass is 10.2. The fourth-order valence-corrected chi connectivity index (χ4v) is 4.17. The molecule has 2 N–H and O–H groups in total. The van der Waals surface area contributed by atoms with E-state index in [4.69, 9.17) is 26.5 Å². The van der Waals surface area contributed by atoms with E-state index in [1.165, 1.54) is 11.3 Å². The van der Waals surface area contributed by atoms with Crippen molar-refractivity contribution in [2.45, 2.75) is 6.10 Å². The second kappa shape index (κ2) is 8.40. The molecule has 2 aliphatic rings. The first-order valence-corrected chi connectivity index (χ1v) is 10.2. The van der Waals surface area contributed by atoms with Crippen LogP contribution in [0.25, 0.3) is 0 Å². The summed E-state index contributed by atoms with van der Waals surface area (Å²) in [6.07, 6.45) is -0.331. The molecule has 3 heterocycles. The molecule has 2 aliphatic heterocycles. The van der Waals surface area contributed by atoms with Gasteiger partial charge in [0.1, 0.15) is 12.7 Å². The number of nitrogens with one attached hydrogen (secondary N) is 2. The molecule has 10 heteroatoms. The Kier molecular flexibility index (Phi) is 5.70. The number of halogens is 1. The molecule has 0 spiro atoms. The number of benzene rings is 1. The normalized spacial score (nSPS) is 19.4. The molecule has 0 aliphatic carbocycles. The maximum Gasteiger partial charge on any atom is 0.289 e. The number of amidine groups is 1. The van der Waals surface area contributed by atoms with Crippen LogP contribution in [0.3, 0.4) is 0 Å². The van der Waals surface area contributed by atoms with Crippen LogP contribution in [0.5, 0.6) is 0 Å². The minimum Gasteiger partial charge on any atom is -0.458 e. The van der Waals surface area contributed by atoms with E-state index in [9.17, 15) is 9.59 Å². The molecule has 29 heavy (non-hydrogen) atoms. The molecule has 1 atom stereocenters. The first-order chi connectivity index (χ1) is 14.0. The van der Waals surface area contributed by atoms with Crippen LogP contribution in [0.4, 0.5) is 11.4 Å². The van der Waals surface area contributed by atoms with Crippen LogP contribution in [-0.4, -0.2) is 56.8 Å². The van der Waals surface area contributed by atoms with Gasteiger partial charge in [0, 0.05) is 17.9 Å². The Morgan fingerprint density at radius 1 is 1.21 bits per heavy atom. The highest BCUT2D eigenvalue weighted by Crippen LogP contribution is 2.25. The molecule has 0 unspecified atom stereocenters. The summed E-state index contributed by atoms with van der Waals surface area (Å²) >= 11 is 7.07. The number of hydrogen-bond donors (Lipinski definition) is 2. The number of rotatable bonds is 5. The smallest absolute Gasteiger partial charge is 0.289 e. The van der Waals surface area contributed by atoms with Crippen LogP contribution in [0.2, 0.25) is 4.34 Å². The van der Waals surface area contributed by atoms with Crippen LogP contribution in [-0.2, 0) is 14.3 Å². The molecule has 0 saturated carbocycles. The number of carbonyl (C=O) groups is 2. The Bertz CT molecular complexity index is 933. The summed E-state index contributed by atoms with van der Waals surface area (Å²) in [5, 5.41) is 10.9. The number of carbonyl (C=O) groups excluding carboxylic acids is 2. The highest BCUT2D eigenvalue weighted by Gasteiger charge is 2.30. The summed E-state index contributed by atoms with van der Waals surface area (Å²) in [5.74, 6) is -0.279. The first kappa shape index (κ1) is 19.7. The number of anilines is 2. The van der Waals surface area contributed by atoms with Crippen LogP contribution < -0.4 is 15.1 Å². The zero-order chi connectivity index (χ0) is 20.4. The Morgan fingerprint density at radius 3 is 2.59 bits per heavy atom. The molecule has 8 nitrogen and oxygen atoms in total. The molecule has 4 rings (SSSR count). The molecule has 152 valence electrons. The van der Waals surface area contributed by atoms with Crippen molar-refractivity contribution >= 4 is 52.1 Å². The van der Waals surface area contributed by atoms with Gasteiger partial charge in [-0.25, -0.2) is 0 Å². The van der Waals surface area contributed by atoms with Crippen molar-refractivity contribution in [3.05, 3.63) is 45.6 Å². The quantitative estimate of drug-likeness (QED) is 0.753. The van der Waals surface area contributed by atoms with Crippen molar-refractivity contribution in [1.82, 2.24) is 5.32 Å². The van der Waals surface area contributed by atoms with Crippen LogP contribution in [0.15, 0.2) is 36.4 Å². The number of thiophene rings is 1. The number of morpholine rings is 1. The van der Waals surface area contributed by atoms with E-state index in [0.717, 1.165) is 11.4 Å². The topological polar surface area (TPSA) is 95.0 Å². The van der Waals surface area contributed by atoms with Crippen molar-refractivity contribution in [2.24, 2.45) is 0 Å². The molecule has 2 aromatic rings. The standard InChI is InChI=1S/C19H19ClN4O4S/c20-16-6-5-15(29-16)18(26)22-9-14-10-24(19(21)28-14)13-3-1-12(2-4-13)23-7-8-27-11-17(23)25/h1-6,14,21H,7-11H2,(H,22,26)/t14-/m0/s1. The Hall–Kier alpha value is -2.62. The summed E-state index contributed by atoms with van der Waals surface area (Å²) in [7, 11) is 0. The summed E-state index contributed by atoms with van der Waals surface area (Å²) in [5.41, 5.74) is 1.59. The van der Waals surface area contributed by atoms with E-state index >= 15 is 0 Å². The van der Waals surface area contributed by atoms with Gasteiger partial charge in [-0.1, -0.05) is 11.6 Å². The van der Waals surface area contributed by atoms with Crippen molar-refractivity contribution in [2.75, 3.05) is 42.6 Å². The van der Waals surface area contributed by atoms with Gasteiger partial charge in [-0.2, -0.15) is 0 Å². The highest BCUT2D eigenvalue weighted by molar-refractivity contribution is 7.18. The molecule has 2 amide bonds. The van der Waals surface area contributed by atoms with Gasteiger partial charge < -0.3 is 19.7 Å². The zero-order valence-corrected chi connectivity index (χ0v) is 17.0. The third-order valence-corrected chi connectivity index (χ3v) is 5.89. The molecule has 2 fully saturated rings. The summed E-state index contributed by atoms with van der Waals surface area (Å²) in [6.45, 7) is 1.87. The lowest BCUT2D eigenvalue weighted by Gasteiger charge is -2.27. The van der Waals surface area contributed by atoms with Gasteiger partial charge in [0.2, 0.25) is 0 Å². The first-order valence-electron chi connectivity index (χ1n) is 9.06. The summed E-state index contributed by atoms with van der Waals surface area (Å²) < 4.78 is 11.3. The van der Waals surface area contributed by atoms with Crippen molar-refractivity contribution in [1.29, 1.82) is 5.41 Å². The van der Waals surface area contributed by atoms with E-state index in [0.29, 0.717) is 28.9 Å². The summed E-state index contributed by atoms with van der Waals surface area (Å²) in [6, 6.07) is 10.8. The van der Waals surface area contributed by atoms with E-state index in [1.807, 2.05) is 24.3 Å². The maximum atomic E-state index is 12.1. The number of amides is 2. The number of nitrogens with zero attached hydrogens (tertiary/aromatic N) is 2. The molecular formula is C19H19ClN4O4S. The Morgan fingerprint density at radius 2 is 1.93 bits per heavy atom. The van der Waals surface area contributed by atoms with Gasteiger partial charge in [0.05, 0.1) is 28.9 Å². The van der Waals surface area contributed by atoms with Crippen LogP contribution in [0, 0.1) is 5.41 Å². The van der Waals surface area contributed by atoms with Crippen molar-refractivity contribution in [3.8, 4) is 0 Å². The monoisotopic (exact) mass is 434 g/mol. The van der Waals surface area contributed by atoms with Crippen molar-refractivity contribution in [3.63, 3.8) is 0 Å². The highest BCUT2D eigenvalue weighted by atomic mass is 35.5. The molecule has 0 radical (unpaired) electrons. The minimum atomic E-state index is -0.331. The van der Waals surface area contributed by atoms with E-state index in [2.05, 4.69) is 5.32 Å². The van der Waals surface area contributed by atoms with Gasteiger partial charge in [-0.05, 0) is 36.4 Å². The lowest BCUT2D eigenvalue weighted by Crippen LogP contribution is -2.41. The Balaban J connectivity index is 1.35. The van der Waals surface area contributed by atoms with Crippen molar-refractivity contribution < 1.29 is 19.1 Å². The average molecular weight is 435 g/mol. The average Bonchev–Trinajstić information content (AvgIpc) is 3.32. The van der Waals surface area contributed by atoms with Gasteiger partial charge >= 0.3 is 0 Å². The second-order valence-corrected chi connectivity index (χ2v) is 8.30. The third kappa shape index (κ3) is 4.36. The van der Waals surface area contributed by atoms with Crippen LogP contribution >= 0.6 is 22.9 Å². The molecule has 1 aromatic heterocycles. The fourth-order valence-electron chi connectivity index (χ4n) is 3.21. The van der Waals surface area contributed by atoms with Gasteiger partial charge in [-0.15, -0.1) is 11.3 Å². The maximum absolute atomic E-state index is 12.1. The Labute approximate surface area is 176 Å². The molecular weight excluding hydrogens is 416 g/mol. The van der Waals surface area contributed by atoms with E-state index < -0.39 is 0 Å². The van der Waals surface area contributed by atoms with Gasteiger partial charge in [0.25, 0.3) is 17.8 Å². The van der Waals surface area contributed by atoms with E-state index in [-0.39, 0.29) is 37.1 Å². The SMILES string of the molecule is N=C1O[C@@H](CNC(=O)c2ccc(Cl)s2)CN1c1ccc(N2CCOCC2=O)cc1.